The lowest BCUT2D eigenvalue weighted by molar-refractivity contribution is -0.129. The molecular weight excluding hydrogens is 407 g/mol. The average molecular weight is 427 g/mol. The van der Waals surface area contributed by atoms with Crippen LogP contribution in [-0.4, -0.2) is 38.3 Å². The molecule has 5 rings (SSSR count). The second kappa shape index (κ2) is 7.23. The summed E-state index contributed by atoms with van der Waals surface area (Å²) >= 11 is 0. The summed E-state index contributed by atoms with van der Waals surface area (Å²) in [5, 5.41) is 15.5. The number of hydrogen-bond acceptors (Lipinski definition) is 3. The third kappa shape index (κ3) is 3.22. The number of aliphatic hydroxyl groups is 1. The van der Waals surface area contributed by atoms with Gasteiger partial charge in [0, 0.05) is 55.7 Å². The van der Waals surface area contributed by atoms with E-state index in [2.05, 4.69) is 0 Å². The molecule has 1 aliphatic heterocycles. The highest BCUT2D eigenvalue weighted by atomic mass is 19.1. The van der Waals surface area contributed by atoms with Crippen LogP contribution in [0.3, 0.4) is 0 Å². The Morgan fingerprint density at radius 1 is 1.13 bits per heavy atom. The lowest BCUT2D eigenvalue weighted by Gasteiger charge is -2.28. The van der Waals surface area contributed by atoms with Gasteiger partial charge in [0.25, 0.3) is 0 Å². The summed E-state index contributed by atoms with van der Waals surface area (Å²) in [6, 6.07) is 7.28. The van der Waals surface area contributed by atoms with Crippen molar-refractivity contribution < 1.29 is 23.1 Å². The number of aliphatic hydroxyl groups excluding tert-OH is 1. The molecule has 2 aliphatic rings. The number of amides is 1. The van der Waals surface area contributed by atoms with Crippen molar-refractivity contribution in [2.75, 3.05) is 6.54 Å². The first-order valence-corrected chi connectivity index (χ1v) is 10.1. The zero-order chi connectivity index (χ0) is 21.9. The molecule has 3 aromatic rings. The van der Waals surface area contributed by atoms with E-state index in [0.29, 0.717) is 36.3 Å². The number of fused-ring (bicyclic) bond motifs is 2. The number of carbonyl (C=O) groups is 1. The van der Waals surface area contributed by atoms with E-state index in [4.69, 9.17) is 5.10 Å². The van der Waals surface area contributed by atoms with Gasteiger partial charge in [0.1, 0.15) is 23.5 Å². The molecule has 0 fully saturated rings. The SMILES string of the molecule is CC(=O)N1CCc2c(c(-c3cccc(F)c3)nn2C2c3cc(F)cc(F)c3C[C@H]2O)C1. The molecule has 0 radical (unpaired) electrons. The second-order valence-corrected chi connectivity index (χ2v) is 8.09. The van der Waals surface area contributed by atoms with Crippen molar-refractivity contribution in [3.63, 3.8) is 0 Å². The molecule has 1 aromatic heterocycles. The summed E-state index contributed by atoms with van der Waals surface area (Å²) in [6.07, 6.45) is -0.468. The third-order valence-electron chi connectivity index (χ3n) is 6.18. The average Bonchev–Trinajstić information content (AvgIpc) is 3.25. The topological polar surface area (TPSA) is 58.4 Å². The maximum atomic E-state index is 14.3. The monoisotopic (exact) mass is 427 g/mol. The smallest absolute Gasteiger partial charge is 0.219 e. The molecule has 0 spiro atoms. The van der Waals surface area contributed by atoms with Gasteiger partial charge < -0.3 is 10.0 Å². The van der Waals surface area contributed by atoms with Crippen molar-refractivity contribution in [1.29, 1.82) is 0 Å². The predicted octanol–water partition coefficient (Wildman–Crippen LogP) is 3.38. The fraction of sp³-hybridized carbons (Fsp3) is 0.304. The maximum absolute atomic E-state index is 14.3. The Labute approximate surface area is 176 Å². The normalized spacial score (nSPS) is 20.0. The van der Waals surface area contributed by atoms with E-state index in [1.165, 1.54) is 25.1 Å². The standard InChI is InChI=1S/C23H20F3N3O2/c1-12(30)28-6-5-20-18(11-28)22(13-3-2-4-14(24)7-13)27-29(20)23-17-8-15(25)9-19(26)16(17)10-21(23)31/h2-4,7-9,21,23,31H,5-6,10-11H2,1H3/t21-,23?/m1/s1. The van der Waals surface area contributed by atoms with E-state index in [1.54, 1.807) is 21.7 Å². The number of benzene rings is 2. The molecule has 0 saturated carbocycles. The molecule has 1 unspecified atom stereocenters. The Bertz CT molecular complexity index is 1210. The molecule has 5 nitrogen and oxygen atoms in total. The highest BCUT2D eigenvalue weighted by Gasteiger charge is 2.39. The van der Waals surface area contributed by atoms with Crippen molar-refractivity contribution in [1.82, 2.24) is 14.7 Å². The lowest BCUT2D eigenvalue weighted by atomic mass is 10.00. The Morgan fingerprint density at radius 3 is 2.68 bits per heavy atom. The van der Waals surface area contributed by atoms with Crippen LogP contribution < -0.4 is 0 Å². The number of hydrogen-bond donors (Lipinski definition) is 1. The quantitative estimate of drug-likeness (QED) is 0.682. The fourth-order valence-electron chi connectivity index (χ4n) is 4.74. The maximum Gasteiger partial charge on any atom is 0.219 e. The molecule has 2 atom stereocenters. The number of rotatable bonds is 2. The minimum Gasteiger partial charge on any atom is -0.390 e. The second-order valence-electron chi connectivity index (χ2n) is 8.09. The molecule has 2 aromatic carbocycles. The largest absolute Gasteiger partial charge is 0.390 e. The Hall–Kier alpha value is -3.13. The van der Waals surface area contributed by atoms with E-state index in [-0.39, 0.29) is 17.9 Å². The van der Waals surface area contributed by atoms with Crippen molar-refractivity contribution in [2.45, 2.75) is 38.5 Å². The zero-order valence-electron chi connectivity index (χ0n) is 16.8. The van der Waals surface area contributed by atoms with Crippen molar-refractivity contribution >= 4 is 5.91 Å². The number of halogens is 3. The van der Waals surface area contributed by atoms with Gasteiger partial charge in [-0.2, -0.15) is 5.10 Å². The van der Waals surface area contributed by atoms with Gasteiger partial charge in [0.05, 0.1) is 11.8 Å². The number of carbonyl (C=O) groups excluding carboxylic acids is 1. The van der Waals surface area contributed by atoms with E-state index in [1.807, 2.05) is 0 Å². The van der Waals surface area contributed by atoms with Crippen LogP contribution in [0.5, 0.6) is 0 Å². The van der Waals surface area contributed by atoms with E-state index in [0.717, 1.165) is 17.3 Å². The molecular formula is C23H20F3N3O2. The minimum absolute atomic E-state index is 0.0512. The van der Waals surface area contributed by atoms with Crippen LogP contribution in [0.2, 0.25) is 0 Å². The molecule has 1 amide bonds. The number of aromatic nitrogens is 2. The molecule has 31 heavy (non-hydrogen) atoms. The van der Waals surface area contributed by atoms with Gasteiger partial charge in [0.2, 0.25) is 5.91 Å². The first-order chi connectivity index (χ1) is 14.8. The minimum atomic E-state index is -0.985. The van der Waals surface area contributed by atoms with E-state index in [9.17, 15) is 23.1 Å². The summed E-state index contributed by atoms with van der Waals surface area (Å²) in [4.78, 5) is 13.7. The van der Waals surface area contributed by atoms with Gasteiger partial charge in [-0.15, -0.1) is 0 Å². The first-order valence-electron chi connectivity index (χ1n) is 10.1. The van der Waals surface area contributed by atoms with Gasteiger partial charge in [-0.05, 0) is 29.3 Å². The van der Waals surface area contributed by atoms with E-state index < -0.39 is 29.6 Å². The van der Waals surface area contributed by atoms with Crippen LogP contribution in [0.1, 0.15) is 35.3 Å². The molecule has 1 aliphatic carbocycles. The number of nitrogens with zero attached hydrogens (tertiary/aromatic N) is 3. The van der Waals surface area contributed by atoms with Gasteiger partial charge in [-0.25, -0.2) is 13.2 Å². The van der Waals surface area contributed by atoms with Crippen molar-refractivity contribution in [3.8, 4) is 11.3 Å². The van der Waals surface area contributed by atoms with Crippen LogP contribution in [0.25, 0.3) is 11.3 Å². The molecule has 8 heteroatoms. The predicted molar refractivity (Wildman–Crippen MR) is 107 cm³/mol. The fourth-order valence-corrected chi connectivity index (χ4v) is 4.74. The van der Waals surface area contributed by atoms with Gasteiger partial charge >= 0.3 is 0 Å². The van der Waals surface area contributed by atoms with Crippen molar-refractivity contribution in [3.05, 3.63) is 76.2 Å². The van der Waals surface area contributed by atoms with Gasteiger partial charge in [-0.1, -0.05) is 12.1 Å². The lowest BCUT2D eigenvalue weighted by Crippen LogP contribution is -2.35. The molecule has 0 bridgehead atoms. The van der Waals surface area contributed by atoms with Crippen LogP contribution in [0.4, 0.5) is 13.2 Å². The Morgan fingerprint density at radius 2 is 1.94 bits per heavy atom. The molecule has 0 saturated heterocycles. The van der Waals surface area contributed by atoms with Crippen LogP contribution in [-0.2, 0) is 24.2 Å². The summed E-state index contributed by atoms with van der Waals surface area (Å²) in [6.45, 7) is 2.24. The van der Waals surface area contributed by atoms with Crippen LogP contribution >= 0.6 is 0 Å². The van der Waals surface area contributed by atoms with Crippen LogP contribution in [0.15, 0.2) is 36.4 Å². The molecule has 160 valence electrons. The third-order valence-corrected chi connectivity index (χ3v) is 6.18. The highest BCUT2D eigenvalue weighted by Crippen LogP contribution is 2.40. The van der Waals surface area contributed by atoms with Crippen LogP contribution in [0, 0.1) is 17.5 Å². The first kappa shape index (κ1) is 19.8. The highest BCUT2D eigenvalue weighted by molar-refractivity contribution is 5.74. The van der Waals surface area contributed by atoms with Gasteiger partial charge in [0.15, 0.2) is 0 Å². The molecule has 2 heterocycles. The van der Waals surface area contributed by atoms with Gasteiger partial charge in [-0.3, -0.25) is 9.48 Å². The zero-order valence-corrected chi connectivity index (χ0v) is 16.8. The summed E-state index contributed by atoms with van der Waals surface area (Å²) < 4.78 is 43.9. The Kier molecular flexibility index (Phi) is 4.62. The summed E-state index contributed by atoms with van der Waals surface area (Å²) in [7, 11) is 0. The Balaban J connectivity index is 1.70. The summed E-state index contributed by atoms with van der Waals surface area (Å²) in [5.41, 5.74) is 3.20. The summed E-state index contributed by atoms with van der Waals surface area (Å²) in [5.74, 6) is -1.91. The van der Waals surface area contributed by atoms with Crippen molar-refractivity contribution in [2.24, 2.45) is 0 Å². The van der Waals surface area contributed by atoms with E-state index >= 15 is 0 Å². The molecule has 1 N–H and O–H groups in total.